The number of piperidine rings is 2. The Morgan fingerprint density at radius 2 is 1.84 bits per heavy atom. The Balaban J connectivity index is 1.88. The molecule has 2 saturated heterocycles. The van der Waals surface area contributed by atoms with Gasteiger partial charge in [-0.2, -0.15) is 0 Å². The topological polar surface area (TPSA) is 49.8 Å². The average molecular weight is 353 g/mol. The summed E-state index contributed by atoms with van der Waals surface area (Å²) in [7, 11) is 0. The molecule has 2 fully saturated rings. The van der Waals surface area contributed by atoms with E-state index in [1.165, 1.54) is 0 Å². The molecule has 2 aliphatic heterocycles. The molecule has 0 aliphatic carbocycles. The predicted molar refractivity (Wildman–Crippen MR) is 89.0 cm³/mol. The quantitative estimate of drug-likeness (QED) is 0.827. The minimum atomic E-state index is -1.47. The number of benzene rings is 1. The van der Waals surface area contributed by atoms with Crippen LogP contribution in [-0.4, -0.2) is 33.8 Å². The van der Waals surface area contributed by atoms with Crippen LogP contribution in [0.15, 0.2) is 18.2 Å². The third-order valence-electron chi connectivity index (χ3n) is 5.04. The highest BCUT2D eigenvalue weighted by Crippen LogP contribution is 2.45. The van der Waals surface area contributed by atoms with Crippen LogP contribution in [0.2, 0.25) is 0 Å². The number of halogens is 2. The fourth-order valence-electron chi connectivity index (χ4n) is 4.12. The van der Waals surface area contributed by atoms with Gasteiger partial charge in [0.25, 0.3) is 0 Å². The molecule has 4 nitrogen and oxygen atoms in total. The van der Waals surface area contributed by atoms with Gasteiger partial charge in [0.2, 0.25) is 0 Å². The molecule has 1 aromatic rings. The van der Waals surface area contributed by atoms with Crippen LogP contribution in [0.4, 0.5) is 13.6 Å². The molecule has 1 aromatic carbocycles. The minimum absolute atomic E-state index is 0.0201. The molecule has 2 aliphatic rings. The first-order chi connectivity index (χ1) is 11.6. The van der Waals surface area contributed by atoms with Crippen LogP contribution in [-0.2, 0) is 10.3 Å². The number of amides is 1. The van der Waals surface area contributed by atoms with E-state index >= 15 is 0 Å². The molecule has 138 valence electrons. The monoisotopic (exact) mass is 353 g/mol. The second-order valence-corrected chi connectivity index (χ2v) is 8.19. The van der Waals surface area contributed by atoms with Crippen molar-refractivity contribution in [3.63, 3.8) is 0 Å². The summed E-state index contributed by atoms with van der Waals surface area (Å²) in [4.78, 5) is 14.3. The highest BCUT2D eigenvalue weighted by molar-refractivity contribution is 5.69. The Kier molecular flexibility index (Phi) is 4.52. The number of carbonyl (C=O) groups excluding carboxylic acids is 1. The van der Waals surface area contributed by atoms with Gasteiger partial charge in [-0.25, -0.2) is 13.6 Å². The van der Waals surface area contributed by atoms with E-state index in [0.29, 0.717) is 0 Å². The zero-order valence-electron chi connectivity index (χ0n) is 14.9. The average Bonchev–Trinajstić information content (AvgIpc) is 2.47. The van der Waals surface area contributed by atoms with E-state index in [9.17, 15) is 18.7 Å². The molecule has 1 amide bonds. The molecular weight excluding hydrogens is 328 g/mol. The fraction of sp³-hybridized carbons (Fsp3) is 0.632. The summed E-state index contributed by atoms with van der Waals surface area (Å²) in [6.07, 6.45) is 2.34. The van der Waals surface area contributed by atoms with Crippen LogP contribution in [0.3, 0.4) is 0 Å². The van der Waals surface area contributed by atoms with Crippen molar-refractivity contribution >= 4 is 6.09 Å². The maximum atomic E-state index is 14.2. The van der Waals surface area contributed by atoms with Crippen LogP contribution in [0.25, 0.3) is 0 Å². The van der Waals surface area contributed by atoms with Crippen LogP contribution in [0.1, 0.15) is 58.4 Å². The molecule has 25 heavy (non-hydrogen) atoms. The van der Waals surface area contributed by atoms with Crippen molar-refractivity contribution in [3.05, 3.63) is 35.4 Å². The van der Waals surface area contributed by atoms with Crippen molar-refractivity contribution in [2.75, 3.05) is 0 Å². The van der Waals surface area contributed by atoms with E-state index in [1.807, 2.05) is 20.8 Å². The first-order valence-electron chi connectivity index (χ1n) is 8.78. The summed E-state index contributed by atoms with van der Waals surface area (Å²) in [5.41, 5.74) is -2.10. The Morgan fingerprint density at radius 3 is 2.40 bits per heavy atom. The number of carbonyl (C=O) groups is 1. The Morgan fingerprint density at radius 1 is 1.24 bits per heavy atom. The van der Waals surface area contributed by atoms with Crippen molar-refractivity contribution < 1.29 is 23.4 Å². The molecule has 0 spiro atoms. The second-order valence-electron chi connectivity index (χ2n) is 8.19. The minimum Gasteiger partial charge on any atom is -0.444 e. The van der Waals surface area contributed by atoms with E-state index < -0.39 is 28.9 Å². The van der Waals surface area contributed by atoms with E-state index in [1.54, 1.807) is 4.90 Å². The molecule has 2 atom stereocenters. The second kappa shape index (κ2) is 6.24. The molecule has 1 N–H and O–H groups in total. The maximum Gasteiger partial charge on any atom is 0.410 e. The van der Waals surface area contributed by atoms with Crippen LogP contribution < -0.4 is 0 Å². The first kappa shape index (κ1) is 18.1. The Labute approximate surface area is 146 Å². The van der Waals surface area contributed by atoms with Crippen LogP contribution in [0.5, 0.6) is 0 Å². The van der Waals surface area contributed by atoms with Crippen molar-refractivity contribution in [2.24, 2.45) is 0 Å². The van der Waals surface area contributed by atoms with Crippen molar-refractivity contribution in [1.29, 1.82) is 0 Å². The van der Waals surface area contributed by atoms with E-state index in [0.717, 1.165) is 37.5 Å². The highest BCUT2D eigenvalue weighted by Gasteiger charge is 2.50. The largest absolute Gasteiger partial charge is 0.444 e. The van der Waals surface area contributed by atoms with Gasteiger partial charge in [-0.05, 0) is 58.2 Å². The molecule has 0 radical (unpaired) electrons. The van der Waals surface area contributed by atoms with Gasteiger partial charge in [0.1, 0.15) is 17.2 Å². The summed E-state index contributed by atoms with van der Waals surface area (Å²) < 4.78 is 33.3. The molecule has 0 aromatic heterocycles. The van der Waals surface area contributed by atoms with Crippen LogP contribution in [0, 0.1) is 11.6 Å². The van der Waals surface area contributed by atoms with Crippen LogP contribution >= 0.6 is 0 Å². The van der Waals surface area contributed by atoms with Gasteiger partial charge in [0.15, 0.2) is 0 Å². The SMILES string of the molecule is CC(C)(C)OC(=O)N1C2CCCC1CC(O)(c1cc(F)ccc1F)C2. The number of hydrogen-bond acceptors (Lipinski definition) is 3. The van der Waals surface area contributed by atoms with Crippen molar-refractivity contribution in [3.8, 4) is 0 Å². The Hall–Kier alpha value is -1.69. The lowest BCUT2D eigenvalue weighted by Crippen LogP contribution is -2.59. The van der Waals surface area contributed by atoms with Gasteiger partial charge in [0, 0.05) is 30.5 Å². The fourth-order valence-corrected chi connectivity index (χ4v) is 4.12. The number of nitrogens with zero attached hydrogens (tertiary/aromatic N) is 1. The van der Waals surface area contributed by atoms with Crippen molar-refractivity contribution in [2.45, 2.75) is 76.2 Å². The van der Waals surface area contributed by atoms with Gasteiger partial charge in [-0.1, -0.05) is 0 Å². The third kappa shape index (κ3) is 3.64. The normalized spacial score (nSPS) is 29.4. The van der Waals surface area contributed by atoms with Gasteiger partial charge in [-0.15, -0.1) is 0 Å². The van der Waals surface area contributed by atoms with Gasteiger partial charge in [-0.3, -0.25) is 0 Å². The summed E-state index contributed by atoms with van der Waals surface area (Å²) >= 11 is 0. The molecule has 2 unspecified atom stereocenters. The van der Waals surface area contributed by atoms with Gasteiger partial charge >= 0.3 is 6.09 Å². The zero-order valence-corrected chi connectivity index (χ0v) is 14.9. The number of hydrogen-bond donors (Lipinski definition) is 1. The molecular formula is C19H25F2NO3. The number of ether oxygens (including phenoxy) is 1. The molecule has 6 heteroatoms. The van der Waals surface area contributed by atoms with Gasteiger partial charge in [0.05, 0.1) is 5.60 Å². The Bertz CT molecular complexity index is 657. The van der Waals surface area contributed by atoms with E-state index in [4.69, 9.17) is 4.74 Å². The number of fused-ring (bicyclic) bond motifs is 2. The number of rotatable bonds is 1. The zero-order chi connectivity index (χ0) is 18.4. The highest BCUT2D eigenvalue weighted by atomic mass is 19.1. The number of aliphatic hydroxyl groups is 1. The molecule has 3 rings (SSSR count). The molecule has 2 heterocycles. The lowest BCUT2D eigenvalue weighted by atomic mass is 9.72. The summed E-state index contributed by atoms with van der Waals surface area (Å²) in [5.74, 6) is -1.20. The summed E-state index contributed by atoms with van der Waals surface area (Å²) in [5, 5.41) is 11.1. The first-order valence-corrected chi connectivity index (χ1v) is 8.78. The van der Waals surface area contributed by atoms with Crippen molar-refractivity contribution in [1.82, 2.24) is 4.90 Å². The predicted octanol–water partition coefficient (Wildman–Crippen LogP) is 4.10. The maximum absolute atomic E-state index is 14.2. The third-order valence-corrected chi connectivity index (χ3v) is 5.04. The lowest BCUT2D eigenvalue weighted by molar-refractivity contribution is -0.0979. The summed E-state index contributed by atoms with van der Waals surface area (Å²) in [6.45, 7) is 5.43. The lowest BCUT2D eigenvalue weighted by Gasteiger charge is -2.51. The standard InChI is InChI=1S/C19H25F2NO3/c1-18(2,3)25-17(23)22-13-5-4-6-14(22)11-19(24,10-13)15-9-12(20)7-8-16(15)21/h7-9,13-14,24H,4-6,10-11H2,1-3H3. The van der Waals surface area contributed by atoms with E-state index in [-0.39, 0.29) is 30.5 Å². The van der Waals surface area contributed by atoms with E-state index in [2.05, 4.69) is 0 Å². The smallest absolute Gasteiger partial charge is 0.410 e. The van der Waals surface area contributed by atoms with Gasteiger partial charge < -0.3 is 14.7 Å². The summed E-state index contributed by atoms with van der Waals surface area (Å²) in [6, 6.07) is 2.66. The molecule has 2 bridgehead atoms. The molecule has 0 saturated carbocycles.